The molecular weight excluding hydrogens is 460 g/mol. The number of hydrogen-bond donors (Lipinski definition) is 1. The van der Waals surface area contributed by atoms with E-state index in [1.165, 1.54) is 15.6 Å². The van der Waals surface area contributed by atoms with Gasteiger partial charge >= 0.3 is 0 Å². The van der Waals surface area contributed by atoms with E-state index in [4.69, 9.17) is 0 Å². The van der Waals surface area contributed by atoms with Crippen LogP contribution in [0.1, 0.15) is 46.0 Å². The summed E-state index contributed by atoms with van der Waals surface area (Å²) in [5, 5.41) is 12.0. The minimum atomic E-state index is -3.80. The summed E-state index contributed by atoms with van der Waals surface area (Å²) in [5.41, 5.74) is -0.280. The van der Waals surface area contributed by atoms with E-state index in [-0.39, 0.29) is 22.9 Å². The lowest BCUT2D eigenvalue weighted by Gasteiger charge is -2.37. The van der Waals surface area contributed by atoms with E-state index >= 15 is 0 Å². The van der Waals surface area contributed by atoms with Crippen molar-refractivity contribution in [2.45, 2.75) is 52.0 Å². The summed E-state index contributed by atoms with van der Waals surface area (Å²) in [5.74, 6) is -0.294. The van der Waals surface area contributed by atoms with Gasteiger partial charge in [0.1, 0.15) is 16.8 Å². The Bertz CT molecular complexity index is 1190. The molecule has 3 atom stereocenters. The fraction of sp³-hybridized carbons (Fsp3) is 0.565. The van der Waals surface area contributed by atoms with Gasteiger partial charge in [-0.1, -0.05) is 55.5 Å². The van der Waals surface area contributed by atoms with Crippen LogP contribution in [0.5, 0.6) is 0 Å². The lowest BCUT2D eigenvalue weighted by Crippen LogP contribution is -2.50. The summed E-state index contributed by atoms with van der Waals surface area (Å²) in [6.07, 6.45) is 3.02. The highest BCUT2D eigenvalue weighted by Crippen LogP contribution is 2.64. The molecule has 3 fully saturated rings. The standard InChI is InChI=1S/C23H28N4O4S2/c1-22(2)16-10-11-23(22,18(28)13-16)14-33(30,31)27-12-6-9-17(27)19(29)24-21-26-25-20(32-21)15-7-4-3-5-8-15/h3-5,7-8,16-17H,6,9-14H2,1-2H3,(H,24,26,29). The monoisotopic (exact) mass is 488 g/mol. The average molecular weight is 489 g/mol. The summed E-state index contributed by atoms with van der Waals surface area (Å²) in [6, 6.07) is 8.74. The quantitative estimate of drug-likeness (QED) is 0.668. The Labute approximate surface area is 197 Å². The third kappa shape index (κ3) is 3.63. The lowest BCUT2D eigenvalue weighted by atomic mass is 9.70. The second kappa shape index (κ2) is 7.95. The molecule has 3 unspecified atom stereocenters. The van der Waals surface area contributed by atoms with Crippen LogP contribution in [0.2, 0.25) is 0 Å². The van der Waals surface area contributed by atoms with E-state index in [9.17, 15) is 18.0 Å². The predicted molar refractivity (Wildman–Crippen MR) is 126 cm³/mol. The van der Waals surface area contributed by atoms with Gasteiger partial charge in [-0.2, -0.15) is 4.31 Å². The SMILES string of the molecule is CC1(C)C2CCC1(CS(=O)(=O)N1CCCC1C(=O)Nc1nnc(-c3ccccc3)s1)C(=O)C2. The summed E-state index contributed by atoms with van der Waals surface area (Å²) >= 11 is 1.25. The number of carbonyl (C=O) groups excluding carboxylic acids is 2. The van der Waals surface area contributed by atoms with E-state index in [2.05, 4.69) is 15.5 Å². The maximum Gasteiger partial charge on any atom is 0.244 e. The Hall–Kier alpha value is -2.17. The summed E-state index contributed by atoms with van der Waals surface area (Å²) in [6.45, 7) is 4.35. The van der Waals surface area contributed by atoms with Gasteiger partial charge in [0.25, 0.3) is 0 Å². The molecule has 2 bridgehead atoms. The summed E-state index contributed by atoms with van der Waals surface area (Å²) < 4.78 is 28.4. The number of ketones is 1. The van der Waals surface area contributed by atoms with Crippen LogP contribution in [0.4, 0.5) is 5.13 Å². The maximum absolute atomic E-state index is 13.5. The van der Waals surface area contributed by atoms with Gasteiger partial charge < -0.3 is 0 Å². The Balaban J connectivity index is 1.32. The first-order valence-corrected chi connectivity index (χ1v) is 13.8. The van der Waals surface area contributed by atoms with Gasteiger partial charge in [0.15, 0.2) is 0 Å². The van der Waals surface area contributed by atoms with E-state index < -0.39 is 27.4 Å². The van der Waals surface area contributed by atoms with Crippen LogP contribution in [0.3, 0.4) is 0 Å². The third-order valence-corrected chi connectivity index (χ3v) is 11.0. The zero-order valence-corrected chi connectivity index (χ0v) is 20.4. The van der Waals surface area contributed by atoms with Gasteiger partial charge in [-0.25, -0.2) is 8.42 Å². The molecule has 176 valence electrons. The lowest BCUT2D eigenvalue weighted by molar-refractivity contribution is -0.128. The van der Waals surface area contributed by atoms with Crippen molar-refractivity contribution in [3.8, 4) is 10.6 Å². The van der Waals surface area contributed by atoms with Crippen molar-refractivity contribution in [2.24, 2.45) is 16.7 Å². The molecule has 2 aromatic rings. The highest BCUT2D eigenvalue weighted by atomic mass is 32.2. The predicted octanol–water partition coefficient (Wildman–Crippen LogP) is 3.33. The van der Waals surface area contributed by atoms with Crippen LogP contribution in [-0.4, -0.2) is 53.0 Å². The molecule has 1 aromatic carbocycles. The van der Waals surface area contributed by atoms with Gasteiger partial charge in [0, 0.05) is 23.9 Å². The number of aromatic nitrogens is 2. The second-order valence-electron chi connectivity index (χ2n) is 9.96. The van der Waals surface area contributed by atoms with Crippen molar-refractivity contribution in [1.82, 2.24) is 14.5 Å². The number of anilines is 1. The fourth-order valence-electron chi connectivity index (χ4n) is 6.00. The molecule has 0 spiro atoms. The van der Waals surface area contributed by atoms with Gasteiger partial charge in [-0.15, -0.1) is 10.2 Å². The normalized spacial score (nSPS) is 29.0. The van der Waals surface area contributed by atoms with Crippen LogP contribution < -0.4 is 5.32 Å². The van der Waals surface area contributed by atoms with Crippen molar-refractivity contribution < 1.29 is 18.0 Å². The van der Waals surface area contributed by atoms with Crippen molar-refractivity contribution >= 4 is 38.2 Å². The van der Waals surface area contributed by atoms with Crippen molar-refractivity contribution in [1.29, 1.82) is 0 Å². The number of amides is 1. The van der Waals surface area contributed by atoms with E-state index in [0.29, 0.717) is 42.4 Å². The summed E-state index contributed by atoms with van der Waals surface area (Å²) in [7, 11) is -3.80. The third-order valence-electron chi connectivity index (χ3n) is 8.11. The molecule has 1 N–H and O–H groups in total. The van der Waals surface area contributed by atoms with Crippen LogP contribution in [-0.2, 0) is 19.6 Å². The van der Waals surface area contributed by atoms with Crippen LogP contribution in [0, 0.1) is 16.7 Å². The smallest absolute Gasteiger partial charge is 0.244 e. The number of benzene rings is 1. The highest BCUT2D eigenvalue weighted by molar-refractivity contribution is 7.89. The van der Waals surface area contributed by atoms with Crippen LogP contribution in [0.25, 0.3) is 10.6 Å². The van der Waals surface area contributed by atoms with Gasteiger partial charge in [0.2, 0.25) is 21.1 Å². The maximum atomic E-state index is 13.5. The fourth-order valence-corrected chi connectivity index (χ4v) is 9.21. The molecule has 1 saturated heterocycles. The molecule has 2 aliphatic carbocycles. The minimum absolute atomic E-state index is 0.0647. The summed E-state index contributed by atoms with van der Waals surface area (Å²) in [4.78, 5) is 25.9. The molecule has 1 amide bonds. The zero-order chi connectivity index (χ0) is 23.4. The number of fused-ring (bicyclic) bond motifs is 2. The molecule has 2 saturated carbocycles. The topological polar surface area (TPSA) is 109 Å². The first-order valence-electron chi connectivity index (χ1n) is 11.4. The molecule has 8 nitrogen and oxygen atoms in total. The van der Waals surface area contributed by atoms with E-state index in [0.717, 1.165) is 12.0 Å². The first-order chi connectivity index (χ1) is 15.6. The molecule has 3 aliphatic rings. The van der Waals surface area contributed by atoms with Crippen LogP contribution in [0.15, 0.2) is 30.3 Å². The van der Waals surface area contributed by atoms with Crippen molar-refractivity contribution in [2.75, 3.05) is 17.6 Å². The molecule has 1 aromatic heterocycles. The second-order valence-corrected chi connectivity index (χ2v) is 12.9. The Morgan fingerprint density at radius 1 is 1.21 bits per heavy atom. The molecule has 1 aliphatic heterocycles. The van der Waals surface area contributed by atoms with Crippen LogP contribution >= 0.6 is 11.3 Å². The number of hydrogen-bond acceptors (Lipinski definition) is 7. The number of nitrogens with zero attached hydrogens (tertiary/aromatic N) is 3. The molecular formula is C23H28N4O4S2. The number of nitrogens with one attached hydrogen (secondary N) is 1. The van der Waals surface area contributed by atoms with E-state index in [1.54, 1.807) is 0 Å². The number of rotatable bonds is 6. The minimum Gasteiger partial charge on any atom is -0.299 e. The van der Waals surface area contributed by atoms with E-state index in [1.807, 2.05) is 44.2 Å². The number of sulfonamides is 1. The Morgan fingerprint density at radius 2 is 1.97 bits per heavy atom. The van der Waals surface area contributed by atoms with Gasteiger partial charge in [0.05, 0.1) is 5.75 Å². The molecule has 0 radical (unpaired) electrons. The van der Waals surface area contributed by atoms with Crippen molar-refractivity contribution in [3.05, 3.63) is 30.3 Å². The Morgan fingerprint density at radius 3 is 2.64 bits per heavy atom. The highest BCUT2D eigenvalue weighted by Gasteiger charge is 2.66. The number of carbonyl (C=O) groups is 2. The molecule has 2 heterocycles. The zero-order valence-electron chi connectivity index (χ0n) is 18.8. The Kier molecular flexibility index (Phi) is 5.45. The largest absolute Gasteiger partial charge is 0.299 e. The molecule has 5 rings (SSSR count). The number of Topliss-reactive ketones (excluding diaryl/α,β-unsaturated/α-hetero) is 1. The molecule has 33 heavy (non-hydrogen) atoms. The van der Waals surface area contributed by atoms with Gasteiger partial charge in [-0.3, -0.25) is 14.9 Å². The molecule has 10 heteroatoms. The van der Waals surface area contributed by atoms with Crippen molar-refractivity contribution in [3.63, 3.8) is 0 Å². The average Bonchev–Trinajstić information content (AvgIpc) is 3.52. The first kappa shape index (κ1) is 22.6. The van der Waals surface area contributed by atoms with Gasteiger partial charge in [-0.05, 0) is 37.0 Å².